The Hall–Kier alpha value is -1.94. The number of hydrogen-bond acceptors (Lipinski definition) is 3. The maximum atomic E-state index is 5.79. The van der Waals surface area contributed by atoms with E-state index in [1.165, 1.54) is 11.1 Å². The lowest BCUT2D eigenvalue weighted by Gasteiger charge is -2.22. The van der Waals surface area contributed by atoms with Crippen molar-refractivity contribution < 1.29 is 0 Å². The van der Waals surface area contributed by atoms with Gasteiger partial charge in [-0.3, -0.25) is 0 Å². The second-order valence-corrected chi connectivity index (χ2v) is 5.41. The van der Waals surface area contributed by atoms with E-state index < -0.39 is 0 Å². The van der Waals surface area contributed by atoms with Crippen LogP contribution >= 0.6 is 12.2 Å². The van der Waals surface area contributed by atoms with E-state index in [2.05, 4.69) is 28.9 Å². The van der Waals surface area contributed by atoms with Crippen LogP contribution in [0.2, 0.25) is 0 Å². The van der Waals surface area contributed by atoms with Crippen LogP contribution in [0, 0.1) is 13.8 Å². The molecule has 0 fully saturated rings. The normalized spacial score (nSPS) is 10.3. The zero-order valence-corrected chi connectivity index (χ0v) is 12.9. The first kappa shape index (κ1) is 14.5. The van der Waals surface area contributed by atoms with Crippen molar-refractivity contribution in [3.05, 3.63) is 58.8 Å². The molecule has 0 aliphatic rings. The number of hydrogen-bond donors (Lipinski definition) is 1. The van der Waals surface area contributed by atoms with Crippen molar-refractivity contribution in [2.24, 2.45) is 5.73 Å². The van der Waals surface area contributed by atoms with Gasteiger partial charge in [0.1, 0.15) is 10.8 Å². The molecule has 0 bridgehead atoms. The minimum atomic E-state index is 0.379. The second kappa shape index (κ2) is 6.01. The Bertz CT molecular complexity index is 637. The number of aryl methyl sites for hydroxylation is 2. The Balaban J connectivity index is 2.34. The number of aromatic nitrogens is 1. The van der Waals surface area contributed by atoms with E-state index in [1.54, 1.807) is 0 Å². The molecule has 1 aromatic carbocycles. The topological polar surface area (TPSA) is 42.1 Å². The zero-order chi connectivity index (χ0) is 14.7. The van der Waals surface area contributed by atoms with Gasteiger partial charge in [0.15, 0.2) is 0 Å². The van der Waals surface area contributed by atoms with E-state index in [0.717, 1.165) is 23.6 Å². The summed E-state index contributed by atoms with van der Waals surface area (Å²) in [5.41, 5.74) is 10.1. The van der Waals surface area contributed by atoms with Gasteiger partial charge in [-0.15, -0.1) is 0 Å². The first-order chi connectivity index (χ1) is 9.49. The number of thiocarbonyl (C=S) groups is 1. The van der Waals surface area contributed by atoms with Gasteiger partial charge in [0.25, 0.3) is 0 Å². The minimum absolute atomic E-state index is 0.379. The predicted octanol–water partition coefficient (Wildman–Crippen LogP) is 2.97. The van der Waals surface area contributed by atoms with Crippen molar-refractivity contribution in [1.82, 2.24) is 4.98 Å². The van der Waals surface area contributed by atoms with Gasteiger partial charge in [-0.2, -0.15) is 0 Å². The largest absolute Gasteiger partial charge is 0.389 e. The summed E-state index contributed by atoms with van der Waals surface area (Å²) in [5, 5.41) is 0. The molecule has 0 spiro atoms. The van der Waals surface area contributed by atoms with E-state index >= 15 is 0 Å². The molecule has 1 heterocycles. The summed E-state index contributed by atoms with van der Waals surface area (Å²) in [4.78, 5) is 7.04. The van der Waals surface area contributed by atoms with E-state index in [9.17, 15) is 0 Å². The van der Waals surface area contributed by atoms with Crippen molar-refractivity contribution in [2.45, 2.75) is 20.4 Å². The van der Waals surface area contributed by atoms with Crippen molar-refractivity contribution in [3.8, 4) is 0 Å². The highest BCUT2D eigenvalue weighted by atomic mass is 32.1. The Morgan fingerprint density at radius 1 is 1.20 bits per heavy atom. The third kappa shape index (κ3) is 3.14. The third-order valence-electron chi connectivity index (χ3n) is 3.31. The molecule has 0 saturated heterocycles. The van der Waals surface area contributed by atoms with Crippen LogP contribution < -0.4 is 10.6 Å². The van der Waals surface area contributed by atoms with Gasteiger partial charge in [-0.05, 0) is 37.1 Å². The number of nitrogens with two attached hydrogens (primary N) is 1. The molecule has 20 heavy (non-hydrogen) atoms. The molecule has 4 heteroatoms. The number of pyridine rings is 1. The highest BCUT2D eigenvalue weighted by Crippen LogP contribution is 2.20. The number of benzene rings is 1. The maximum absolute atomic E-state index is 5.79. The van der Waals surface area contributed by atoms with Crippen LogP contribution in [0.25, 0.3) is 0 Å². The Kier molecular flexibility index (Phi) is 4.35. The van der Waals surface area contributed by atoms with Crippen LogP contribution in [0.3, 0.4) is 0 Å². The van der Waals surface area contributed by atoms with Crippen LogP contribution in [0.15, 0.2) is 36.4 Å². The van der Waals surface area contributed by atoms with Crippen molar-refractivity contribution in [2.75, 3.05) is 11.9 Å². The number of rotatable bonds is 4. The van der Waals surface area contributed by atoms with Gasteiger partial charge in [-0.1, -0.05) is 36.5 Å². The third-order valence-corrected chi connectivity index (χ3v) is 3.53. The van der Waals surface area contributed by atoms with E-state index in [0.29, 0.717) is 4.99 Å². The summed E-state index contributed by atoms with van der Waals surface area (Å²) in [6, 6.07) is 12.2. The monoisotopic (exact) mass is 285 g/mol. The van der Waals surface area contributed by atoms with Gasteiger partial charge in [-0.25, -0.2) is 4.98 Å². The van der Waals surface area contributed by atoms with Crippen LogP contribution in [0.4, 0.5) is 5.82 Å². The first-order valence-electron chi connectivity index (χ1n) is 6.52. The molecule has 0 aliphatic carbocycles. The molecule has 2 aromatic rings. The first-order valence-corrected chi connectivity index (χ1v) is 6.93. The summed E-state index contributed by atoms with van der Waals surface area (Å²) in [6.07, 6.45) is 0. The van der Waals surface area contributed by atoms with Crippen molar-refractivity contribution >= 4 is 23.0 Å². The molecular weight excluding hydrogens is 266 g/mol. The van der Waals surface area contributed by atoms with E-state index in [4.69, 9.17) is 18.0 Å². The molecule has 0 amide bonds. The molecule has 0 radical (unpaired) electrons. The van der Waals surface area contributed by atoms with E-state index in [-0.39, 0.29) is 0 Å². The molecule has 0 aliphatic heterocycles. The molecular formula is C16H19N3S. The lowest BCUT2D eigenvalue weighted by molar-refractivity contribution is 0.884. The summed E-state index contributed by atoms with van der Waals surface area (Å²) in [7, 11) is 2.01. The Morgan fingerprint density at radius 2 is 1.90 bits per heavy atom. The fraction of sp³-hybridized carbons (Fsp3) is 0.250. The molecule has 2 N–H and O–H groups in total. The molecule has 0 atom stereocenters. The lowest BCUT2D eigenvalue weighted by atomic mass is 10.1. The number of nitrogens with zero attached hydrogens (tertiary/aromatic N) is 2. The summed E-state index contributed by atoms with van der Waals surface area (Å²) in [5.74, 6) is 0.834. The quantitative estimate of drug-likeness (QED) is 0.877. The average Bonchev–Trinajstić information content (AvgIpc) is 2.40. The van der Waals surface area contributed by atoms with Gasteiger partial charge >= 0.3 is 0 Å². The van der Waals surface area contributed by atoms with Crippen molar-refractivity contribution in [1.29, 1.82) is 0 Å². The summed E-state index contributed by atoms with van der Waals surface area (Å²) in [6.45, 7) is 4.86. The van der Waals surface area contributed by atoms with Crippen LogP contribution in [-0.2, 0) is 6.54 Å². The molecule has 0 unspecified atom stereocenters. The highest BCUT2D eigenvalue weighted by molar-refractivity contribution is 7.80. The second-order valence-electron chi connectivity index (χ2n) is 4.97. The SMILES string of the molecule is Cc1ccc(C(N)=S)c(N(C)Cc2ccccc2C)n1. The summed E-state index contributed by atoms with van der Waals surface area (Å²) < 4.78 is 0. The minimum Gasteiger partial charge on any atom is -0.389 e. The molecule has 0 saturated carbocycles. The zero-order valence-electron chi connectivity index (χ0n) is 12.1. The van der Waals surface area contributed by atoms with E-state index in [1.807, 2.05) is 38.2 Å². The van der Waals surface area contributed by atoms with Crippen LogP contribution in [-0.4, -0.2) is 17.0 Å². The fourth-order valence-electron chi connectivity index (χ4n) is 2.14. The van der Waals surface area contributed by atoms with Gasteiger partial charge in [0, 0.05) is 19.3 Å². The maximum Gasteiger partial charge on any atom is 0.139 e. The molecule has 2 rings (SSSR count). The van der Waals surface area contributed by atoms with Gasteiger partial charge in [0.05, 0.1) is 5.56 Å². The van der Waals surface area contributed by atoms with Crippen LogP contribution in [0.1, 0.15) is 22.4 Å². The molecule has 104 valence electrons. The lowest BCUT2D eigenvalue weighted by Crippen LogP contribution is -2.23. The molecule has 3 nitrogen and oxygen atoms in total. The smallest absolute Gasteiger partial charge is 0.139 e. The molecule has 1 aromatic heterocycles. The Labute approximate surface area is 125 Å². The highest BCUT2D eigenvalue weighted by Gasteiger charge is 2.12. The average molecular weight is 285 g/mol. The van der Waals surface area contributed by atoms with Crippen molar-refractivity contribution in [3.63, 3.8) is 0 Å². The van der Waals surface area contributed by atoms with Gasteiger partial charge < -0.3 is 10.6 Å². The fourth-order valence-corrected chi connectivity index (χ4v) is 2.30. The van der Waals surface area contributed by atoms with Crippen LogP contribution in [0.5, 0.6) is 0 Å². The predicted molar refractivity (Wildman–Crippen MR) is 88.1 cm³/mol. The van der Waals surface area contributed by atoms with Gasteiger partial charge in [0.2, 0.25) is 0 Å². The Morgan fingerprint density at radius 3 is 2.55 bits per heavy atom. The summed E-state index contributed by atoms with van der Waals surface area (Å²) >= 11 is 5.11. The standard InChI is InChI=1S/C16H19N3S/c1-11-6-4-5-7-13(11)10-19(3)16-14(15(17)20)9-8-12(2)18-16/h4-9H,10H2,1-3H3,(H2,17,20). The number of anilines is 1.